The van der Waals surface area contributed by atoms with Crippen LogP contribution in [-0.4, -0.2) is 31.4 Å². The molecule has 6 heteroatoms. The van der Waals surface area contributed by atoms with Crippen LogP contribution in [0, 0.1) is 0 Å². The van der Waals surface area contributed by atoms with Crippen LogP contribution in [0.1, 0.15) is 21.5 Å². The van der Waals surface area contributed by atoms with Gasteiger partial charge in [-0.3, -0.25) is 9.69 Å². The first kappa shape index (κ1) is 16.1. The maximum atomic E-state index is 12.2. The van der Waals surface area contributed by atoms with Crippen molar-refractivity contribution in [3.63, 3.8) is 0 Å². The lowest BCUT2D eigenvalue weighted by Crippen LogP contribution is -2.34. The SMILES string of the molecule is CN(C)[C@H](CNC(=O)c1ccc(Cl)s1)c1cc2ccccc2o1. The fraction of sp³-hybridized carbons (Fsp3) is 0.235. The van der Waals surface area contributed by atoms with E-state index in [0.29, 0.717) is 15.8 Å². The van der Waals surface area contributed by atoms with Gasteiger partial charge in [0.05, 0.1) is 15.3 Å². The second-order valence-corrected chi connectivity index (χ2v) is 7.19. The highest BCUT2D eigenvalue weighted by Gasteiger charge is 2.20. The Bertz CT molecular complexity index is 792. The summed E-state index contributed by atoms with van der Waals surface area (Å²) >= 11 is 7.15. The topological polar surface area (TPSA) is 45.5 Å². The molecule has 0 aliphatic rings. The van der Waals surface area contributed by atoms with Gasteiger partial charge in [-0.15, -0.1) is 11.3 Å². The molecule has 0 saturated heterocycles. The Hall–Kier alpha value is -1.82. The average Bonchev–Trinajstić information content (AvgIpc) is 3.12. The molecular formula is C17H17ClN2O2S. The summed E-state index contributed by atoms with van der Waals surface area (Å²) in [6.07, 6.45) is 0. The zero-order valence-electron chi connectivity index (χ0n) is 12.9. The summed E-state index contributed by atoms with van der Waals surface area (Å²) in [6.45, 7) is 0.459. The molecule has 0 aliphatic carbocycles. The molecule has 0 spiro atoms. The molecule has 1 atom stereocenters. The van der Waals surface area contributed by atoms with Crippen LogP contribution < -0.4 is 5.32 Å². The Balaban J connectivity index is 1.75. The highest BCUT2D eigenvalue weighted by Crippen LogP contribution is 2.26. The molecule has 0 radical (unpaired) electrons. The van der Waals surface area contributed by atoms with Gasteiger partial charge in [0.1, 0.15) is 11.3 Å². The number of para-hydroxylation sites is 1. The van der Waals surface area contributed by atoms with Crippen molar-refractivity contribution in [2.75, 3.05) is 20.6 Å². The molecule has 0 fully saturated rings. The van der Waals surface area contributed by atoms with Crippen LogP contribution >= 0.6 is 22.9 Å². The average molecular weight is 349 g/mol. The van der Waals surface area contributed by atoms with E-state index >= 15 is 0 Å². The molecule has 1 amide bonds. The number of likely N-dealkylation sites (N-methyl/N-ethyl adjacent to an activating group) is 1. The monoisotopic (exact) mass is 348 g/mol. The first-order valence-corrected chi connectivity index (χ1v) is 8.42. The van der Waals surface area contributed by atoms with Gasteiger partial charge >= 0.3 is 0 Å². The number of nitrogens with one attached hydrogen (secondary N) is 1. The highest BCUT2D eigenvalue weighted by atomic mass is 35.5. The van der Waals surface area contributed by atoms with Crippen LogP contribution in [0.2, 0.25) is 4.34 Å². The van der Waals surface area contributed by atoms with Crippen LogP contribution in [-0.2, 0) is 0 Å². The van der Waals surface area contributed by atoms with Crippen LogP contribution in [0.15, 0.2) is 46.9 Å². The smallest absolute Gasteiger partial charge is 0.261 e. The number of fused-ring (bicyclic) bond motifs is 1. The highest BCUT2D eigenvalue weighted by molar-refractivity contribution is 7.17. The van der Waals surface area contributed by atoms with Crippen molar-refractivity contribution in [1.29, 1.82) is 0 Å². The summed E-state index contributed by atoms with van der Waals surface area (Å²) < 4.78 is 6.53. The van der Waals surface area contributed by atoms with Crippen LogP contribution in [0.5, 0.6) is 0 Å². The lowest BCUT2D eigenvalue weighted by molar-refractivity contribution is 0.0943. The maximum absolute atomic E-state index is 12.2. The number of carbonyl (C=O) groups is 1. The van der Waals surface area contributed by atoms with E-state index < -0.39 is 0 Å². The predicted molar refractivity (Wildman–Crippen MR) is 94.3 cm³/mol. The Morgan fingerprint density at radius 3 is 2.74 bits per heavy atom. The van der Waals surface area contributed by atoms with Crippen molar-refractivity contribution < 1.29 is 9.21 Å². The minimum atomic E-state index is -0.120. The third-order valence-corrected chi connectivity index (χ3v) is 4.88. The van der Waals surface area contributed by atoms with E-state index in [-0.39, 0.29) is 11.9 Å². The number of halogens is 1. The summed E-state index contributed by atoms with van der Waals surface area (Å²) in [6, 6.07) is 13.3. The Morgan fingerprint density at radius 2 is 2.09 bits per heavy atom. The van der Waals surface area contributed by atoms with Crippen molar-refractivity contribution in [2.24, 2.45) is 0 Å². The predicted octanol–water partition coefficient (Wildman–Crippen LogP) is 4.18. The summed E-state index contributed by atoms with van der Waals surface area (Å²) in [5.74, 6) is 0.713. The van der Waals surface area contributed by atoms with Gasteiger partial charge in [0.25, 0.3) is 5.91 Å². The quantitative estimate of drug-likeness (QED) is 0.752. The molecule has 3 aromatic rings. The zero-order valence-corrected chi connectivity index (χ0v) is 14.4. The van der Waals surface area contributed by atoms with Crippen LogP contribution in [0.3, 0.4) is 0 Å². The first-order chi connectivity index (χ1) is 11.0. The molecule has 1 N–H and O–H groups in total. The number of carbonyl (C=O) groups excluding carboxylic acids is 1. The van der Waals surface area contributed by atoms with Gasteiger partial charge in [-0.2, -0.15) is 0 Å². The molecule has 2 aromatic heterocycles. The van der Waals surface area contributed by atoms with Gasteiger partial charge in [-0.1, -0.05) is 29.8 Å². The first-order valence-electron chi connectivity index (χ1n) is 7.23. The van der Waals surface area contributed by atoms with Gasteiger partial charge in [-0.25, -0.2) is 0 Å². The molecule has 23 heavy (non-hydrogen) atoms. The second-order valence-electron chi connectivity index (χ2n) is 5.48. The number of thiophene rings is 1. The molecule has 120 valence electrons. The lowest BCUT2D eigenvalue weighted by Gasteiger charge is -2.22. The largest absolute Gasteiger partial charge is 0.459 e. The molecule has 0 aliphatic heterocycles. The minimum Gasteiger partial charge on any atom is -0.459 e. The van der Waals surface area contributed by atoms with Crippen molar-refractivity contribution in [1.82, 2.24) is 10.2 Å². The third-order valence-electron chi connectivity index (χ3n) is 3.65. The second kappa shape index (κ2) is 6.74. The molecule has 0 unspecified atom stereocenters. The summed E-state index contributed by atoms with van der Waals surface area (Å²) in [4.78, 5) is 14.8. The minimum absolute atomic E-state index is 0.0400. The molecule has 4 nitrogen and oxygen atoms in total. The fourth-order valence-electron chi connectivity index (χ4n) is 2.42. The summed E-state index contributed by atoms with van der Waals surface area (Å²) in [7, 11) is 3.93. The molecule has 2 heterocycles. The van der Waals surface area contributed by atoms with Crippen molar-refractivity contribution >= 4 is 39.8 Å². The van der Waals surface area contributed by atoms with Gasteiger partial charge in [0.2, 0.25) is 0 Å². The van der Waals surface area contributed by atoms with Crippen LogP contribution in [0.25, 0.3) is 11.0 Å². The van der Waals surface area contributed by atoms with E-state index in [2.05, 4.69) is 5.32 Å². The standard InChI is InChI=1S/C17H17ClN2O2S/c1-20(2)12(10-19-17(21)15-7-8-16(18)23-15)14-9-11-5-3-4-6-13(11)22-14/h3-9,12H,10H2,1-2H3,(H,19,21)/t12-/m1/s1. The fourth-order valence-corrected chi connectivity index (χ4v) is 3.38. The van der Waals surface area contributed by atoms with E-state index in [1.54, 1.807) is 12.1 Å². The number of benzene rings is 1. The lowest BCUT2D eigenvalue weighted by atomic mass is 10.2. The Morgan fingerprint density at radius 1 is 1.30 bits per heavy atom. The number of hydrogen-bond acceptors (Lipinski definition) is 4. The Labute approximate surface area is 143 Å². The molecule has 0 bridgehead atoms. The number of amides is 1. The number of nitrogens with zero attached hydrogens (tertiary/aromatic N) is 1. The Kier molecular flexibility index (Phi) is 4.71. The van der Waals surface area contributed by atoms with E-state index in [9.17, 15) is 4.79 Å². The molecule has 3 rings (SSSR count). The summed E-state index contributed by atoms with van der Waals surface area (Å²) in [5, 5.41) is 4.01. The van der Waals surface area contributed by atoms with E-state index in [4.69, 9.17) is 16.0 Å². The number of hydrogen-bond donors (Lipinski definition) is 1. The normalized spacial score (nSPS) is 12.7. The van der Waals surface area contributed by atoms with E-state index in [1.165, 1.54) is 11.3 Å². The molecular weight excluding hydrogens is 332 g/mol. The van der Waals surface area contributed by atoms with Crippen molar-refractivity contribution in [3.8, 4) is 0 Å². The van der Waals surface area contributed by atoms with Crippen LogP contribution in [0.4, 0.5) is 0 Å². The number of rotatable bonds is 5. The molecule has 0 saturated carbocycles. The zero-order chi connectivity index (χ0) is 16.4. The van der Waals surface area contributed by atoms with E-state index in [0.717, 1.165) is 16.7 Å². The summed E-state index contributed by atoms with van der Waals surface area (Å²) in [5.41, 5.74) is 0.853. The number of furan rings is 1. The van der Waals surface area contributed by atoms with Gasteiger partial charge in [0.15, 0.2) is 0 Å². The van der Waals surface area contributed by atoms with Crippen molar-refractivity contribution in [2.45, 2.75) is 6.04 Å². The third kappa shape index (κ3) is 3.58. The molecule has 1 aromatic carbocycles. The van der Waals surface area contributed by atoms with E-state index in [1.807, 2.05) is 49.3 Å². The van der Waals surface area contributed by atoms with Gasteiger partial charge in [0, 0.05) is 11.9 Å². The van der Waals surface area contributed by atoms with Gasteiger partial charge < -0.3 is 9.73 Å². The van der Waals surface area contributed by atoms with Crippen molar-refractivity contribution in [3.05, 3.63) is 57.4 Å². The maximum Gasteiger partial charge on any atom is 0.261 e. The van der Waals surface area contributed by atoms with Gasteiger partial charge in [-0.05, 0) is 38.4 Å².